The Balaban J connectivity index is 1.91. The zero-order valence-electron chi connectivity index (χ0n) is 16.4. The molecule has 2 aliphatic rings. The lowest BCUT2D eigenvalue weighted by atomic mass is 9.94. The molecular formula is C21H28N2O3S. The van der Waals surface area contributed by atoms with Gasteiger partial charge in [-0.05, 0) is 57.1 Å². The lowest BCUT2D eigenvalue weighted by Crippen LogP contribution is -2.41. The highest BCUT2D eigenvalue weighted by Gasteiger charge is 2.40. The van der Waals surface area contributed by atoms with Crippen LogP contribution >= 0.6 is 12.2 Å². The van der Waals surface area contributed by atoms with E-state index in [9.17, 15) is 4.79 Å². The van der Waals surface area contributed by atoms with Gasteiger partial charge in [0.1, 0.15) is 17.2 Å². The van der Waals surface area contributed by atoms with E-state index in [1.807, 2.05) is 55.0 Å². The highest BCUT2D eigenvalue weighted by molar-refractivity contribution is 7.80. The minimum atomic E-state index is -0.00858. The van der Waals surface area contributed by atoms with E-state index in [2.05, 4.69) is 0 Å². The zero-order valence-corrected chi connectivity index (χ0v) is 17.2. The third-order valence-electron chi connectivity index (χ3n) is 5.12. The monoisotopic (exact) mass is 388 g/mol. The van der Waals surface area contributed by atoms with Gasteiger partial charge in [0.2, 0.25) is 0 Å². The van der Waals surface area contributed by atoms with Crippen molar-refractivity contribution < 1.29 is 14.3 Å². The first kappa shape index (κ1) is 19.7. The molecule has 0 aromatic heterocycles. The van der Waals surface area contributed by atoms with Crippen LogP contribution in [0.2, 0.25) is 0 Å². The molecule has 1 aromatic carbocycles. The highest BCUT2D eigenvalue weighted by atomic mass is 32.1. The van der Waals surface area contributed by atoms with Gasteiger partial charge in [0, 0.05) is 24.7 Å². The lowest BCUT2D eigenvalue weighted by molar-refractivity contribution is -0.124. The van der Waals surface area contributed by atoms with E-state index < -0.39 is 0 Å². The van der Waals surface area contributed by atoms with Crippen molar-refractivity contribution in [1.82, 2.24) is 9.80 Å². The quantitative estimate of drug-likeness (QED) is 0.539. The Kier molecular flexibility index (Phi) is 6.37. The van der Waals surface area contributed by atoms with Crippen LogP contribution < -0.4 is 9.47 Å². The van der Waals surface area contributed by atoms with Crippen molar-refractivity contribution in [2.24, 2.45) is 0 Å². The summed E-state index contributed by atoms with van der Waals surface area (Å²) in [4.78, 5) is 16.8. The van der Waals surface area contributed by atoms with E-state index in [4.69, 9.17) is 21.7 Å². The fourth-order valence-electron chi connectivity index (χ4n) is 3.76. The molecule has 1 aliphatic heterocycles. The molecule has 1 aromatic rings. The number of hydrogen-bond donors (Lipinski definition) is 0. The Morgan fingerprint density at radius 1 is 1.15 bits per heavy atom. The SMILES string of the molecule is CCOc1ccc(/C=C2/C(=O)N(C3CCCCC3)C(=S)N2C)c(OCC)c1. The molecule has 1 aliphatic carbocycles. The van der Waals surface area contributed by atoms with E-state index in [-0.39, 0.29) is 11.9 Å². The summed E-state index contributed by atoms with van der Waals surface area (Å²) < 4.78 is 11.3. The summed E-state index contributed by atoms with van der Waals surface area (Å²) in [5, 5.41) is 0.599. The molecule has 2 fully saturated rings. The Morgan fingerprint density at radius 2 is 1.85 bits per heavy atom. The summed E-state index contributed by atoms with van der Waals surface area (Å²) in [6.45, 7) is 5.03. The topological polar surface area (TPSA) is 42.0 Å². The van der Waals surface area contributed by atoms with Crippen LogP contribution in [0.25, 0.3) is 6.08 Å². The summed E-state index contributed by atoms with van der Waals surface area (Å²) in [5.41, 5.74) is 1.44. The summed E-state index contributed by atoms with van der Waals surface area (Å²) >= 11 is 5.59. The van der Waals surface area contributed by atoms with E-state index in [1.54, 1.807) is 0 Å². The van der Waals surface area contributed by atoms with Gasteiger partial charge in [-0.15, -0.1) is 0 Å². The molecule has 1 heterocycles. The number of ether oxygens (including phenoxy) is 2. The number of benzene rings is 1. The van der Waals surface area contributed by atoms with E-state index in [0.717, 1.165) is 37.0 Å². The summed E-state index contributed by atoms with van der Waals surface area (Å²) in [6.07, 6.45) is 7.49. The minimum absolute atomic E-state index is 0.00858. The number of nitrogens with zero attached hydrogens (tertiary/aromatic N) is 2. The smallest absolute Gasteiger partial charge is 0.277 e. The van der Waals surface area contributed by atoms with Gasteiger partial charge in [-0.1, -0.05) is 19.3 Å². The molecule has 0 N–H and O–H groups in total. The normalized spacial score (nSPS) is 19.9. The molecule has 146 valence electrons. The van der Waals surface area contributed by atoms with Crippen molar-refractivity contribution >= 4 is 29.3 Å². The van der Waals surface area contributed by atoms with Crippen molar-refractivity contribution in [2.45, 2.75) is 52.0 Å². The van der Waals surface area contributed by atoms with Gasteiger partial charge in [-0.2, -0.15) is 0 Å². The number of carbonyl (C=O) groups excluding carboxylic acids is 1. The van der Waals surface area contributed by atoms with Gasteiger partial charge < -0.3 is 14.4 Å². The second-order valence-electron chi connectivity index (χ2n) is 6.90. The molecule has 0 spiro atoms. The second kappa shape index (κ2) is 8.74. The standard InChI is InChI=1S/C21H28N2O3S/c1-4-25-17-12-11-15(19(14-17)26-5-2)13-18-20(24)23(21(27)22(18)3)16-9-7-6-8-10-16/h11-14,16H,4-10H2,1-3H3/b18-13-. The number of amides is 1. The third-order valence-corrected chi connectivity index (χ3v) is 5.59. The van der Waals surface area contributed by atoms with Crippen molar-refractivity contribution in [2.75, 3.05) is 20.3 Å². The zero-order chi connectivity index (χ0) is 19.4. The van der Waals surface area contributed by atoms with Gasteiger partial charge in [0.15, 0.2) is 5.11 Å². The largest absolute Gasteiger partial charge is 0.494 e. The Bertz CT molecular complexity index is 741. The van der Waals surface area contributed by atoms with Crippen LogP contribution in [0.15, 0.2) is 23.9 Å². The van der Waals surface area contributed by atoms with Crippen molar-refractivity contribution in [3.63, 3.8) is 0 Å². The molecule has 0 unspecified atom stereocenters. The summed E-state index contributed by atoms with van der Waals surface area (Å²) in [6, 6.07) is 5.92. The van der Waals surface area contributed by atoms with Gasteiger partial charge in [-0.25, -0.2) is 0 Å². The van der Waals surface area contributed by atoms with Crippen LogP contribution in [0.3, 0.4) is 0 Å². The van der Waals surface area contributed by atoms with Crippen LogP contribution in [-0.2, 0) is 4.79 Å². The molecule has 0 bridgehead atoms. The number of rotatable bonds is 6. The molecule has 1 saturated carbocycles. The highest BCUT2D eigenvalue weighted by Crippen LogP contribution is 2.33. The first-order valence-electron chi connectivity index (χ1n) is 9.79. The van der Waals surface area contributed by atoms with Crippen LogP contribution in [-0.4, -0.2) is 47.1 Å². The van der Waals surface area contributed by atoms with E-state index >= 15 is 0 Å². The Labute approximate surface area is 166 Å². The average molecular weight is 389 g/mol. The molecule has 5 nitrogen and oxygen atoms in total. The van der Waals surface area contributed by atoms with Crippen molar-refractivity contribution in [3.05, 3.63) is 29.5 Å². The third kappa shape index (κ3) is 4.10. The molecule has 6 heteroatoms. The van der Waals surface area contributed by atoms with Gasteiger partial charge >= 0.3 is 0 Å². The van der Waals surface area contributed by atoms with Crippen LogP contribution in [0.4, 0.5) is 0 Å². The van der Waals surface area contributed by atoms with Gasteiger partial charge in [0.25, 0.3) is 5.91 Å². The number of likely N-dealkylation sites (N-methyl/N-ethyl adjacent to an activating group) is 1. The van der Waals surface area contributed by atoms with E-state index in [1.165, 1.54) is 6.42 Å². The van der Waals surface area contributed by atoms with Gasteiger partial charge in [0.05, 0.1) is 13.2 Å². The first-order chi connectivity index (χ1) is 13.1. The van der Waals surface area contributed by atoms with Crippen LogP contribution in [0.1, 0.15) is 51.5 Å². The molecule has 3 rings (SSSR count). The fourth-order valence-corrected chi connectivity index (χ4v) is 4.09. The molecule has 0 atom stereocenters. The predicted molar refractivity (Wildman–Crippen MR) is 111 cm³/mol. The molecule has 1 amide bonds. The van der Waals surface area contributed by atoms with Crippen LogP contribution in [0, 0.1) is 0 Å². The van der Waals surface area contributed by atoms with Crippen LogP contribution in [0.5, 0.6) is 11.5 Å². The summed E-state index contributed by atoms with van der Waals surface area (Å²) in [7, 11) is 1.86. The van der Waals surface area contributed by atoms with Crippen molar-refractivity contribution in [3.8, 4) is 11.5 Å². The average Bonchev–Trinajstić information content (AvgIpc) is 2.88. The number of thiocarbonyl (C=S) groups is 1. The second-order valence-corrected chi connectivity index (χ2v) is 7.27. The maximum atomic E-state index is 13.1. The fraction of sp³-hybridized carbons (Fsp3) is 0.524. The maximum Gasteiger partial charge on any atom is 0.277 e. The molecule has 0 radical (unpaired) electrons. The Hall–Kier alpha value is -2.08. The van der Waals surface area contributed by atoms with E-state index in [0.29, 0.717) is 29.8 Å². The predicted octanol–water partition coefficient (Wildman–Crippen LogP) is 4.22. The number of carbonyl (C=O) groups is 1. The van der Waals surface area contributed by atoms with Crippen molar-refractivity contribution in [1.29, 1.82) is 0 Å². The minimum Gasteiger partial charge on any atom is -0.494 e. The molecule has 27 heavy (non-hydrogen) atoms. The number of hydrogen-bond acceptors (Lipinski definition) is 4. The molecular weight excluding hydrogens is 360 g/mol. The first-order valence-corrected chi connectivity index (χ1v) is 10.2. The summed E-state index contributed by atoms with van der Waals surface area (Å²) in [5.74, 6) is 1.46. The molecule has 1 saturated heterocycles. The lowest BCUT2D eigenvalue weighted by Gasteiger charge is -2.30. The Morgan fingerprint density at radius 3 is 2.52 bits per heavy atom. The maximum absolute atomic E-state index is 13.1. The van der Waals surface area contributed by atoms with Gasteiger partial charge in [-0.3, -0.25) is 9.69 Å².